The maximum Gasteiger partial charge on any atom is 0.352 e. The predicted molar refractivity (Wildman–Crippen MR) is 160 cm³/mol. The molecule has 42 heavy (non-hydrogen) atoms. The van der Waals surface area contributed by atoms with E-state index in [0.29, 0.717) is 22.3 Å². The first kappa shape index (κ1) is 29.2. The van der Waals surface area contributed by atoms with Crippen LogP contribution in [0.3, 0.4) is 0 Å². The summed E-state index contributed by atoms with van der Waals surface area (Å²) in [4.78, 5) is 53.4. The molecule has 2 atom stereocenters. The van der Waals surface area contributed by atoms with Crippen molar-refractivity contribution < 1.29 is 28.9 Å². The molecule has 14 nitrogen and oxygen atoms in total. The van der Waals surface area contributed by atoms with Crippen LogP contribution in [0.2, 0.25) is 0 Å². The van der Waals surface area contributed by atoms with E-state index in [4.69, 9.17) is 22.0 Å². The van der Waals surface area contributed by atoms with Gasteiger partial charge in [0.15, 0.2) is 10.8 Å². The Labute approximate surface area is 252 Å². The number of β-lactam (4-membered cyclic amide) rings is 1. The van der Waals surface area contributed by atoms with E-state index in [9.17, 15) is 19.5 Å². The summed E-state index contributed by atoms with van der Waals surface area (Å²) >= 11 is 3.72. The number of nitrogens with two attached hydrogens (primary N) is 3. The number of nitrogen functional groups attached to an aromatic ring is 3. The number of carboxylic acids is 1. The van der Waals surface area contributed by atoms with Crippen LogP contribution in [0.4, 0.5) is 16.8 Å². The highest BCUT2D eigenvalue weighted by Gasteiger charge is 2.54. The summed E-state index contributed by atoms with van der Waals surface area (Å²) < 4.78 is 1.72. The minimum Gasteiger partial charge on any atom is -0.477 e. The molecule has 1 saturated heterocycles. The van der Waals surface area contributed by atoms with E-state index < -0.39 is 29.2 Å². The number of hydrogen-bond acceptors (Lipinski definition) is 13. The molecule has 2 aliphatic rings. The van der Waals surface area contributed by atoms with Gasteiger partial charge in [0, 0.05) is 16.9 Å². The van der Waals surface area contributed by atoms with Crippen LogP contribution in [-0.4, -0.2) is 73.0 Å². The summed E-state index contributed by atoms with van der Waals surface area (Å²) in [6.07, 6.45) is 0. The molecule has 0 radical (unpaired) electrons. The quantitative estimate of drug-likeness (QED) is 0.0527. The molecule has 1 aromatic carbocycles. The highest BCUT2D eigenvalue weighted by atomic mass is 32.2. The van der Waals surface area contributed by atoms with Crippen LogP contribution in [0.1, 0.15) is 12.6 Å². The number of para-hydroxylation sites is 1. The highest BCUT2D eigenvalue weighted by Crippen LogP contribution is 2.41. The van der Waals surface area contributed by atoms with E-state index in [-0.39, 0.29) is 40.4 Å². The third-order valence-electron chi connectivity index (χ3n) is 6.16. The molecule has 0 saturated carbocycles. The molecular formula is C25H26N9O5S3+. The van der Waals surface area contributed by atoms with Crippen molar-refractivity contribution >= 4 is 75.1 Å². The Hall–Kier alpha value is -4.35. The van der Waals surface area contributed by atoms with Gasteiger partial charge in [0.1, 0.15) is 35.1 Å². The summed E-state index contributed by atoms with van der Waals surface area (Å²) in [6, 6.07) is 9.89. The van der Waals surface area contributed by atoms with Gasteiger partial charge in [-0.2, -0.15) is 4.57 Å². The van der Waals surface area contributed by atoms with Gasteiger partial charge < -0.3 is 32.5 Å². The predicted octanol–water partition coefficient (Wildman–Crippen LogP) is 0.833. The maximum atomic E-state index is 13.2. The lowest BCUT2D eigenvalue weighted by Crippen LogP contribution is -2.71. The molecule has 218 valence electrons. The molecule has 4 heterocycles. The molecule has 17 heteroatoms. The Morgan fingerprint density at radius 3 is 2.69 bits per heavy atom. The molecule has 8 N–H and O–H groups in total. The van der Waals surface area contributed by atoms with Crippen molar-refractivity contribution in [2.75, 3.05) is 35.3 Å². The fourth-order valence-corrected chi connectivity index (χ4v) is 7.41. The number of thiazole rings is 1. The number of thioether (sulfide) groups is 2. The Morgan fingerprint density at radius 2 is 2.02 bits per heavy atom. The van der Waals surface area contributed by atoms with E-state index in [1.807, 2.05) is 30.3 Å². The molecular weight excluding hydrogens is 603 g/mol. The number of nitrogens with zero attached hydrogens (tertiary/aromatic N) is 5. The van der Waals surface area contributed by atoms with Crippen molar-refractivity contribution in [2.45, 2.75) is 23.5 Å². The van der Waals surface area contributed by atoms with Crippen molar-refractivity contribution in [3.05, 3.63) is 58.7 Å². The van der Waals surface area contributed by atoms with Crippen molar-refractivity contribution in [3.63, 3.8) is 0 Å². The van der Waals surface area contributed by atoms with Crippen molar-refractivity contribution in [1.29, 1.82) is 0 Å². The third-order valence-corrected chi connectivity index (χ3v) is 9.20. The third kappa shape index (κ3) is 5.70. The second-order valence-electron chi connectivity index (χ2n) is 8.89. The Bertz CT molecular complexity index is 1610. The van der Waals surface area contributed by atoms with Gasteiger partial charge in [-0.05, 0) is 36.4 Å². The molecule has 0 aliphatic carbocycles. The fraction of sp³-hybridized carbons (Fsp3) is 0.240. The van der Waals surface area contributed by atoms with Gasteiger partial charge in [0.25, 0.3) is 11.8 Å². The zero-order chi connectivity index (χ0) is 30.0. The lowest BCUT2D eigenvalue weighted by Gasteiger charge is -2.49. The van der Waals surface area contributed by atoms with Crippen LogP contribution < -0.4 is 27.1 Å². The zero-order valence-electron chi connectivity index (χ0n) is 22.1. The number of carboxylic acid groups (broad SMARTS) is 1. The summed E-state index contributed by atoms with van der Waals surface area (Å²) in [6.45, 7) is 1.91. The molecule has 2 unspecified atom stereocenters. The van der Waals surface area contributed by atoms with Crippen LogP contribution in [0.15, 0.2) is 63.4 Å². The first-order valence-corrected chi connectivity index (χ1v) is 15.4. The second kappa shape index (κ2) is 12.3. The highest BCUT2D eigenvalue weighted by molar-refractivity contribution is 8.01. The minimum absolute atomic E-state index is 0.125. The number of oxime groups is 1. The molecule has 1 fully saturated rings. The Kier molecular flexibility index (Phi) is 8.51. The van der Waals surface area contributed by atoms with Gasteiger partial charge in [-0.3, -0.25) is 14.5 Å². The van der Waals surface area contributed by atoms with Crippen LogP contribution in [0, 0.1) is 0 Å². The number of nitrogens with one attached hydrogen (secondary N) is 1. The molecule has 0 spiro atoms. The number of aromatic nitrogens is 3. The second-order valence-corrected chi connectivity index (χ2v) is 11.8. The lowest BCUT2D eigenvalue weighted by atomic mass is 10.0. The number of aliphatic carboxylic acids is 1. The van der Waals surface area contributed by atoms with Crippen LogP contribution >= 0.6 is 34.9 Å². The fourth-order valence-electron chi connectivity index (χ4n) is 4.34. The van der Waals surface area contributed by atoms with Gasteiger partial charge in [0.05, 0.1) is 6.07 Å². The summed E-state index contributed by atoms with van der Waals surface area (Å²) in [5.74, 6) is -1.39. The van der Waals surface area contributed by atoms with Crippen LogP contribution in [0.5, 0.6) is 0 Å². The average Bonchev–Trinajstić information content (AvgIpc) is 3.40. The van der Waals surface area contributed by atoms with E-state index in [1.54, 1.807) is 22.9 Å². The molecule has 5 rings (SSSR count). The number of amides is 2. The number of carbonyl (C=O) groups is 3. The van der Waals surface area contributed by atoms with Gasteiger partial charge >= 0.3 is 11.1 Å². The van der Waals surface area contributed by atoms with E-state index in [2.05, 4.69) is 20.4 Å². The SMILES string of the molecule is CCO/N=C(\C(=O)NC1C(=O)N2C(C(=O)O)=C(CSc3nc(N)cc(N)[n+]3-c3ccccc3)CSC12)c1csc(N)n1. The number of carbonyl (C=O) groups excluding carboxylic acids is 2. The van der Waals surface area contributed by atoms with Crippen LogP contribution in [-0.2, 0) is 19.2 Å². The molecule has 2 aromatic heterocycles. The molecule has 2 aliphatic heterocycles. The van der Waals surface area contributed by atoms with E-state index >= 15 is 0 Å². The summed E-state index contributed by atoms with van der Waals surface area (Å²) in [5, 5.41) is 18.2. The van der Waals surface area contributed by atoms with E-state index in [0.717, 1.165) is 17.0 Å². The number of benzene rings is 1. The summed E-state index contributed by atoms with van der Waals surface area (Å²) in [5.41, 5.74) is 19.1. The average molecular weight is 629 g/mol. The normalized spacial score (nSPS) is 18.4. The van der Waals surface area contributed by atoms with E-state index in [1.165, 1.54) is 28.4 Å². The van der Waals surface area contributed by atoms with Crippen LogP contribution in [0.25, 0.3) is 5.69 Å². The lowest BCUT2D eigenvalue weighted by molar-refractivity contribution is -0.626. The first-order valence-electron chi connectivity index (χ1n) is 12.5. The monoisotopic (exact) mass is 628 g/mol. The molecule has 3 aromatic rings. The van der Waals surface area contributed by atoms with Gasteiger partial charge in [-0.25, -0.2) is 9.78 Å². The van der Waals surface area contributed by atoms with Gasteiger partial charge in [-0.1, -0.05) is 28.3 Å². The first-order chi connectivity index (χ1) is 20.2. The van der Waals surface area contributed by atoms with Gasteiger partial charge in [-0.15, -0.1) is 23.1 Å². The largest absolute Gasteiger partial charge is 0.477 e. The number of hydrogen-bond donors (Lipinski definition) is 5. The summed E-state index contributed by atoms with van der Waals surface area (Å²) in [7, 11) is 0. The molecule has 0 bridgehead atoms. The van der Waals surface area contributed by atoms with Crippen molar-refractivity contribution in [2.24, 2.45) is 5.16 Å². The van der Waals surface area contributed by atoms with Crippen molar-refractivity contribution in [3.8, 4) is 5.69 Å². The minimum atomic E-state index is -1.25. The zero-order valence-corrected chi connectivity index (χ0v) is 24.5. The number of anilines is 3. The number of rotatable bonds is 10. The topological polar surface area (TPSA) is 216 Å². The number of fused-ring (bicyclic) bond motifs is 1. The molecule has 2 amide bonds. The van der Waals surface area contributed by atoms with Gasteiger partial charge in [0.2, 0.25) is 11.6 Å². The van der Waals surface area contributed by atoms with Crippen molar-refractivity contribution in [1.82, 2.24) is 20.2 Å². The Morgan fingerprint density at radius 1 is 1.26 bits per heavy atom. The smallest absolute Gasteiger partial charge is 0.352 e. The maximum absolute atomic E-state index is 13.2. The Balaban J connectivity index is 1.35. The standard InChI is InChI=1S/C25H25N9O5S3/c1-2-39-32-17(14-11-41-24(28)29-14)20(35)31-18-21(36)34-19(23(37)38)12(9-40-22(18)34)10-42-25-30-15(26)8-16(27)33(25)13-6-4-3-5-7-13/h3-8,11,18,22H,2,9-10H2,1H3,(H7,26,27,28,29,31,35,37,38)/p+1/b32-17-.